The van der Waals surface area contributed by atoms with E-state index in [0.29, 0.717) is 29.9 Å². The van der Waals surface area contributed by atoms with E-state index in [1.807, 2.05) is 79.7 Å². The molecule has 4 aromatic carbocycles. The molecule has 0 amide bonds. The molecule has 2 atom stereocenters. The molecule has 0 saturated heterocycles. The van der Waals surface area contributed by atoms with Crippen LogP contribution in [0.2, 0.25) is 0 Å². The molecule has 190 valence electrons. The van der Waals surface area contributed by atoms with Gasteiger partial charge in [0.1, 0.15) is 18.2 Å². The summed E-state index contributed by atoms with van der Waals surface area (Å²) in [6.07, 6.45) is 2.67. The fourth-order valence-electron chi connectivity index (χ4n) is 5.15. The van der Waals surface area contributed by atoms with Crippen LogP contribution in [0.3, 0.4) is 0 Å². The van der Waals surface area contributed by atoms with Gasteiger partial charge in [0.25, 0.3) is 0 Å². The lowest BCUT2D eigenvalue weighted by molar-refractivity contribution is 0.0933. The highest BCUT2D eigenvalue weighted by Crippen LogP contribution is 2.46. The summed E-state index contributed by atoms with van der Waals surface area (Å²) in [5.74, 6) is -0.0364. The third kappa shape index (κ3) is 5.50. The van der Waals surface area contributed by atoms with Crippen molar-refractivity contribution in [2.75, 3.05) is 0 Å². The van der Waals surface area contributed by atoms with Crippen LogP contribution in [0.1, 0.15) is 62.2 Å². The molecule has 1 aliphatic rings. The molecule has 0 radical (unpaired) electrons. The van der Waals surface area contributed by atoms with Gasteiger partial charge in [-0.1, -0.05) is 78.4 Å². The first-order valence-electron chi connectivity index (χ1n) is 12.8. The van der Waals surface area contributed by atoms with Gasteiger partial charge in [0.15, 0.2) is 11.6 Å². The topological polar surface area (TPSA) is 43.4 Å². The SMILES string of the molecule is CC(=O)c1cccc(COc2ccccc2C2CC(c3ccc(F)cc3)=CC2C(=O)c2cccc(C)c2)c1. The van der Waals surface area contributed by atoms with E-state index in [-0.39, 0.29) is 29.2 Å². The summed E-state index contributed by atoms with van der Waals surface area (Å²) in [6.45, 7) is 3.83. The van der Waals surface area contributed by atoms with Crippen LogP contribution in [0, 0.1) is 18.7 Å². The average Bonchev–Trinajstić information content (AvgIpc) is 3.37. The quantitative estimate of drug-likeness (QED) is 0.228. The van der Waals surface area contributed by atoms with Crippen molar-refractivity contribution in [1.29, 1.82) is 0 Å². The molecule has 0 N–H and O–H groups in total. The molecule has 0 aromatic heterocycles. The lowest BCUT2D eigenvalue weighted by Crippen LogP contribution is -2.18. The van der Waals surface area contributed by atoms with Gasteiger partial charge in [-0.3, -0.25) is 9.59 Å². The van der Waals surface area contributed by atoms with Crippen molar-refractivity contribution in [3.63, 3.8) is 0 Å². The maximum Gasteiger partial charge on any atom is 0.170 e. The Bertz CT molecular complexity index is 1520. The van der Waals surface area contributed by atoms with Gasteiger partial charge in [0.05, 0.1) is 0 Å². The van der Waals surface area contributed by atoms with Crippen LogP contribution in [0.4, 0.5) is 4.39 Å². The number of hydrogen-bond acceptors (Lipinski definition) is 3. The molecule has 4 aromatic rings. The molecular weight excluding hydrogens is 475 g/mol. The number of Topliss-reactive ketones (excluding diaryl/α,β-unsaturated/α-hetero) is 2. The molecule has 0 bridgehead atoms. The number of ketones is 2. The highest BCUT2D eigenvalue weighted by Gasteiger charge is 2.36. The van der Waals surface area contributed by atoms with Crippen LogP contribution in [0.25, 0.3) is 5.57 Å². The Balaban J connectivity index is 1.48. The number of rotatable bonds is 8. The molecule has 3 nitrogen and oxygen atoms in total. The molecule has 1 aliphatic carbocycles. The zero-order valence-corrected chi connectivity index (χ0v) is 21.5. The normalized spacial score (nSPS) is 16.7. The predicted molar refractivity (Wildman–Crippen MR) is 148 cm³/mol. The van der Waals surface area contributed by atoms with E-state index < -0.39 is 0 Å². The maximum absolute atomic E-state index is 13.8. The second kappa shape index (κ2) is 11.0. The highest BCUT2D eigenvalue weighted by molar-refractivity contribution is 6.01. The Morgan fingerprint density at radius 1 is 0.868 bits per heavy atom. The van der Waals surface area contributed by atoms with Crippen LogP contribution < -0.4 is 4.74 Å². The zero-order chi connectivity index (χ0) is 26.6. The first kappa shape index (κ1) is 25.3. The first-order chi connectivity index (χ1) is 18.4. The number of benzene rings is 4. The number of carbonyl (C=O) groups excluding carboxylic acids is 2. The first-order valence-corrected chi connectivity index (χ1v) is 12.8. The minimum absolute atomic E-state index is 0.00936. The Morgan fingerprint density at radius 2 is 1.61 bits per heavy atom. The Hall–Kier alpha value is -4.31. The Kier molecular flexibility index (Phi) is 7.32. The van der Waals surface area contributed by atoms with Crippen molar-refractivity contribution >= 4 is 17.1 Å². The summed E-state index contributed by atoms with van der Waals surface area (Å²) in [4.78, 5) is 25.6. The lowest BCUT2D eigenvalue weighted by atomic mass is 9.82. The second-order valence-electron chi connectivity index (χ2n) is 9.85. The van der Waals surface area contributed by atoms with Gasteiger partial charge in [-0.15, -0.1) is 0 Å². The van der Waals surface area contributed by atoms with E-state index in [9.17, 15) is 14.0 Å². The number of halogens is 1. The number of para-hydroxylation sites is 1. The Labute approximate surface area is 222 Å². The van der Waals surface area contributed by atoms with Crippen molar-refractivity contribution in [3.8, 4) is 5.75 Å². The second-order valence-corrected chi connectivity index (χ2v) is 9.85. The van der Waals surface area contributed by atoms with Gasteiger partial charge in [0, 0.05) is 23.0 Å². The van der Waals surface area contributed by atoms with Crippen LogP contribution in [-0.4, -0.2) is 11.6 Å². The molecular formula is C34H29FO3. The molecule has 4 heteroatoms. The van der Waals surface area contributed by atoms with E-state index in [4.69, 9.17) is 4.74 Å². The summed E-state index contributed by atoms with van der Waals surface area (Å²) >= 11 is 0. The summed E-state index contributed by atoms with van der Waals surface area (Å²) in [5.41, 5.74) is 6.14. The van der Waals surface area contributed by atoms with Crippen LogP contribution in [0.15, 0.2) is 103 Å². The summed E-state index contributed by atoms with van der Waals surface area (Å²) in [7, 11) is 0. The third-order valence-corrected chi connectivity index (χ3v) is 7.12. The van der Waals surface area contributed by atoms with Gasteiger partial charge >= 0.3 is 0 Å². The predicted octanol–water partition coefficient (Wildman–Crippen LogP) is 7.99. The van der Waals surface area contributed by atoms with Crippen LogP contribution >= 0.6 is 0 Å². The van der Waals surface area contributed by atoms with Gasteiger partial charge in [-0.25, -0.2) is 4.39 Å². The monoisotopic (exact) mass is 504 g/mol. The number of carbonyl (C=O) groups is 2. The molecule has 0 spiro atoms. The van der Waals surface area contributed by atoms with Crippen molar-refractivity contribution in [3.05, 3.63) is 142 Å². The molecule has 0 saturated carbocycles. The van der Waals surface area contributed by atoms with Crippen molar-refractivity contribution in [2.45, 2.75) is 32.8 Å². The average molecular weight is 505 g/mol. The minimum Gasteiger partial charge on any atom is -0.489 e. The summed E-state index contributed by atoms with van der Waals surface area (Å²) < 4.78 is 19.9. The molecule has 5 rings (SSSR count). The summed E-state index contributed by atoms with van der Waals surface area (Å²) in [5, 5.41) is 0. The number of allylic oxidation sites excluding steroid dienone is 2. The van der Waals surface area contributed by atoms with Crippen LogP contribution in [-0.2, 0) is 6.61 Å². The molecule has 38 heavy (non-hydrogen) atoms. The van der Waals surface area contributed by atoms with Crippen molar-refractivity contribution in [2.24, 2.45) is 5.92 Å². The van der Waals surface area contributed by atoms with E-state index >= 15 is 0 Å². The largest absolute Gasteiger partial charge is 0.489 e. The molecule has 0 heterocycles. The van der Waals surface area contributed by atoms with E-state index in [0.717, 1.165) is 27.8 Å². The van der Waals surface area contributed by atoms with Gasteiger partial charge in [-0.2, -0.15) is 0 Å². The van der Waals surface area contributed by atoms with E-state index in [2.05, 4.69) is 0 Å². The van der Waals surface area contributed by atoms with Crippen molar-refractivity contribution < 1.29 is 18.7 Å². The standard InChI is InChI=1S/C34H29FO3/c1-22-7-5-10-27(17-22)34(37)32-20-28(25-13-15-29(35)16-14-25)19-31(32)30-11-3-4-12-33(30)38-21-24-8-6-9-26(18-24)23(2)36/h3-18,20,31-32H,19,21H2,1-2H3. The third-order valence-electron chi connectivity index (χ3n) is 7.12. The molecule has 0 fully saturated rings. The summed E-state index contributed by atoms with van der Waals surface area (Å²) in [6, 6.07) is 29.4. The van der Waals surface area contributed by atoms with E-state index in [1.54, 1.807) is 25.1 Å². The molecule has 0 aliphatic heterocycles. The van der Waals surface area contributed by atoms with Gasteiger partial charge < -0.3 is 4.74 Å². The van der Waals surface area contributed by atoms with Crippen molar-refractivity contribution in [1.82, 2.24) is 0 Å². The van der Waals surface area contributed by atoms with Gasteiger partial charge in [-0.05, 0) is 72.9 Å². The fourth-order valence-corrected chi connectivity index (χ4v) is 5.15. The van der Waals surface area contributed by atoms with Crippen LogP contribution in [0.5, 0.6) is 5.75 Å². The molecule has 2 unspecified atom stereocenters. The number of hydrogen-bond donors (Lipinski definition) is 0. The minimum atomic E-state index is -0.386. The maximum atomic E-state index is 13.8. The number of ether oxygens (including phenoxy) is 1. The zero-order valence-electron chi connectivity index (χ0n) is 21.5. The lowest BCUT2D eigenvalue weighted by Gasteiger charge is -2.22. The Morgan fingerprint density at radius 3 is 2.37 bits per heavy atom. The number of aryl methyl sites for hydroxylation is 1. The smallest absolute Gasteiger partial charge is 0.170 e. The van der Waals surface area contributed by atoms with Gasteiger partial charge in [0.2, 0.25) is 0 Å². The highest BCUT2D eigenvalue weighted by atomic mass is 19.1. The van der Waals surface area contributed by atoms with E-state index in [1.165, 1.54) is 12.1 Å². The fraction of sp³-hybridized carbons (Fsp3) is 0.176.